The molecule has 2 aromatic rings. The Morgan fingerprint density at radius 3 is 2.88 bits per heavy atom. The van der Waals surface area contributed by atoms with Crippen molar-refractivity contribution in [1.82, 2.24) is 4.90 Å². The van der Waals surface area contributed by atoms with Crippen LogP contribution in [0.15, 0.2) is 18.2 Å². The van der Waals surface area contributed by atoms with Crippen molar-refractivity contribution in [3.05, 3.63) is 34.2 Å². The summed E-state index contributed by atoms with van der Waals surface area (Å²) in [6, 6.07) is 6.71. The van der Waals surface area contributed by atoms with Crippen molar-refractivity contribution in [3.8, 4) is 0 Å². The number of hydrogen-bond acceptors (Lipinski definition) is 2. The summed E-state index contributed by atoms with van der Waals surface area (Å²) in [6.07, 6.45) is 2.44. The van der Waals surface area contributed by atoms with E-state index < -0.39 is 0 Å². The Bertz CT molecular complexity index is 527. The molecule has 3 rings (SSSR count). The molecule has 16 heavy (non-hydrogen) atoms. The van der Waals surface area contributed by atoms with E-state index in [4.69, 9.17) is 0 Å². The summed E-state index contributed by atoms with van der Waals surface area (Å²) in [5.41, 5.74) is 3.05. The second kappa shape index (κ2) is 3.86. The SMILES string of the molecule is Cc1cccc2c3c(sc12)CCN(C)CC3. The fraction of sp³-hybridized carbons (Fsp3) is 0.429. The summed E-state index contributed by atoms with van der Waals surface area (Å²) in [5, 5.41) is 1.51. The summed E-state index contributed by atoms with van der Waals surface area (Å²) >= 11 is 2.02. The molecule has 0 bridgehead atoms. The zero-order chi connectivity index (χ0) is 11.1. The minimum Gasteiger partial charge on any atom is -0.306 e. The Balaban J connectivity index is 2.18. The van der Waals surface area contributed by atoms with Gasteiger partial charge in [0, 0.05) is 22.7 Å². The van der Waals surface area contributed by atoms with Crippen LogP contribution in [0.3, 0.4) is 0 Å². The first-order valence-electron chi connectivity index (χ1n) is 5.94. The number of nitrogens with zero attached hydrogens (tertiary/aromatic N) is 1. The van der Waals surface area contributed by atoms with Gasteiger partial charge in [0.2, 0.25) is 0 Å². The smallest absolute Gasteiger partial charge is 0.0377 e. The van der Waals surface area contributed by atoms with Crippen molar-refractivity contribution >= 4 is 21.4 Å². The molecule has 1 aromatic heterocycles. The monoisotopic (exact) mass is 231 g/mol. The number of benzene rings is 1. The lowest BCUT2D eigenvalue weighted by molar-refractivity contribution is 0.353. The average Bonchev–Trinajstić information content (AvgIpc) is 2.53. The lowest BCUT2D eigenvalue weighted by Crippen LogP contribution is -2.20. The molecule has 0 saturated heterocycles. The highest BCUT2D eigenvalue weighted by atomic mass is 32.1. The first kappa shape index (κ1) is 10.3. The van der Waals surface area contributed by atoms with Gasteiger partial charge in [-0.1, -0.05) is 18.2 Å². The first-order valence-corrected chi connectivity index (χ1v) is 6.76. The van der Waals surface area contributed by atoms with Gasteiger partial charge in [-0.3, -0.25) is 0 Å². The molecule has 0 spiro atoms. The predicted octanol–water partition coefficient (Wildman–Crippen LogP) is 3.24. The van der Waals surface area contributed by atoms with Crippen LogP contribution in [-0.2, 0) is 12.8 Å². The van der Waals surface area contributed by atoms with E-state index in [1.54, 1.807) is 10.4 Å². The van der Waals surface area contributed by atoms with Gasteiger partial charge in [-0.25, -0.2) is 0 Å². The van der Waals surface area contributed by atoms with E-state index in [1.807, 2.05) is 11.3 Å². The van der Waals surface area contributed by atoms with E-state index in [9.17, 15) is 0 Å². The number of fused-ring (bicyclic) bond motifs is 3. The molecular weight excluding hydrogens is 214 g/mol. The topological polar surface area (TPSA) is 3.24 Å². The van der Waals surface area contributed by atoms with Crippen LogP contribution in [0.5, 0.6) is 0 Å². The van der Waals surface area contributed by atoms with Crippen molar-refractivity contribution in [2.24, 2.45) is 0 Å². The lowest BCUT2D eigenvalue weighted by Gasteiger charge is -2.11. The van der Waals surface area contributed by atoms with E-state index in [0.717, 1.165) is 0 Å². The number of rotatable bonds is 0. The summed E-state index contributed by atoms with van der Waals surface area (Å²) in [7, 11) is 2.23. The van der Waals surface area contributed by atoms with Gasteiger partial charge >= 0.3 is 0 Å². The van der Waals surface area contributed by atoms with Gasteiger partial charge in [-0.2, -0.15) is 0 Å². The van der Waals surface area contributed by atoms with E-state index in [-0.39, 0.29) is 0 Å². The highest BCUT2D eigenvalue weighted by molar-refractivity contribution is 7.19. The molecular formula is C14H17NS. The Morgan fingerprint density at radius 1 is 1.19 bits per heavy atom. The van der Waals surface area contributed by atoms with Crippen LogP contribution in [0, 0.1) is 6.92 Å². The number of hydrogen-bond donors (Lipinski definition) is 0. The molecule has 84 valence electrons. The maximum absolute atomic E-state index is 2.44. The maximum atomic E-state index is 2.44. The van der Waals surface area contributed by atoms with Gasteiger partial charge in [0.25, 0.3) is 0 Å². The fourth-order valence-electron chi connectivity index (χ4n) is 2.54. The van der Waals surface area contributed by atoms with Crippen LogP contribution >= 0.6 is 11.3 Å². The minimum atomic E-state index is 1.20. The van der Waals surface area contributed by atoms with Gasteiger partial charge < -0.3 is 4.90 Å². The normalized spacial score (nSPS) is 17.4. The summed E-state index contributed by atoms with van der Waals surface area (Å²) in [4.78, 5) is 4.06. The summed E-state index contributed by atoms with van der Waals surface area (Å²) in [5.74, 6) is 0. The first-order chi connectivity index (χ1) is 7.75. The molecule has 1 aliphatic heterocycles. The molecule has 0 radical (unpaired) electrons. The van der Waals surface area contributed by atoms with Gasteiger partial charge in [-0.15, -0.1) is 11.3 Å². The zero-order valence-electron chi connectivity index (χ0n) is 9.92. The summed E-state index contributed by atoms with van der Waals surface area (Å²) in [6.45, 7) is 4.63. The van der Waals surface area contributed by atoms with E-state index >= 15 is 0 Å². The Morgan fingerprint density at radius 2 is 2.00 bits per heavy atom. The third-order valence-electron chi connectivity index (χ3n) is 3.56. The molecule has 1 aliphatic rings. The van der Waals surface area contributed by atoms with E-state index in [0.29, 0.717) is 0 Å². The van der Waals surface area contributed by atoms with Gasteiger partial charge in [0.15, 0.2) is 0 Å². The van der Waals surface area contributed by atoms with Gasteiger partial charge in [-0.05, 0) is 43.3 Å². The van der Waals surface area contributed by atoms with Crippen molar-refractivity contribution in [1.29, 1.82) is 0 Å². The largest absolute Gasteiger partial charge is 0.306 e. The maximum Gasteiger partial charge on any atom is 0.0377 e. The Hall–Kier alpha value is -0.860. The van der Waals surface area contributed by atoms with Crippen LogP contribution in [0.25, 0.3) is 10.1 Å². The number of likely N-dealkylation sites (N-methyl/N-ethyl adjacent to an activating group) is 1. The molecule has 0 amide bonds. The molecule has 0 saturated carbocycles. The third kappa shape index (κ3) is 1.57. The molecule has 0 atom stereocenters. The van der Waals surface area contributed by atoms with Crippen molar-refractivity contribution in [2.75, 3.05) is 20.1 Å². The molecule has 0 N–H and O–H groups in total. The highest BCUT2D eigenvalue weighted by Crippen LogP contribution is 2.35. The number of thiophene rings is 1. The van der Waals surface area contributed by atoms with Crippen molar-refractivity contribution in [2.45, 2.75) is 19.8 Å². The standard InChI is InChI=1S/C14H17NS/c1-10-4-3-5-12-11-6-8-15(2)9-7-13(11)16-14(10)12/h3-5H,6-9H2,1-2H3. The van der Waals surface area contributed by atoms with Crippen LogP contribution < -0.4 is 0 Å². The van der Waals surface area contributed by atoms with Crippen LogP contribution in [0.1, 0.15) is 16.0 Å². The Kier molecular flexibility index (Phi) is 2.49. The van der Waals surface area contributed by atoms with Crippen LogP contribution in [-0.4, -0.2) is 25.0 Å². The highest BCUT2D eigenvalue weighted by Gasteiger charge is 2.17. The zero-order valence-corrected chi connectivity index (χ0v) is 10.7. The average molecular weight is 231 g/mol. The molecule has 0 fully saturated rings. The van der Waals surface area contributed by atoms with Crippen molar-refractivity contribution in [3.63, 3.8) is 0 Å². The molecule has 2 heteroatoms. The molecule has 0 aliphatic carbocycles. The van der Waals surface area contributed by atoms with E-state index in [2.05, 4.69) is 37.1 Å². The molecule has 1 aromatic carbocycles. The van der Waals surface area contributed by atoms with Gasteiger partial charge in [0.05, 0.1) is 0 Å². The van der Waals surface area contributed by atoms with Crippen LogP contribution in [0.4, 0.5) is 0 Å². The van der Waals surface area contributed by atoms with Crippen molar-refractivity contribution < 1.29 is 0 Å². The molecule has 1 nitrogen and oxygen atoms in total. The molecule has 2 heterocycles. The second-order valence-corrected chi connectivity index (χ2v) is 5.86. The third-order valence-corrected chi connectivity index (χ3v) is 5.01. The fourth-order valence-corrected chi connectivity index (χ4v) is 3.85. The van der Waals surface area contributed by atoms with Crippen LogP contribution in [0.2, 0.25) is 0 Å². The lowest BCUT2D eigenvalue weighted by atomic mass is 10.1. The van der Waals surface area contributed by atoms with Gasteiger partial charge in [0.1, 0.15) is 0 Å². The second-order valence-electron chi connectivity index (χ2n) is 4.76. The quantitative estimate of drug-likeness (QED) is 0.673. The Labute approximate surface area is 101 Å². The molecule has 0 unspecified atom stereocenters. The van der Waals surface area contributed by atoms with E-state index in [1.165, 1.54) is 41.6 Å². The summed E-state index contributed by atoms with van der Waals surface area (Å²) < 4.78 is 1.51. The predicted molar refractivity (Wildman–Crippen MR) is 71.5 cm³/mol. The minimum absolute atomic E-state index is 1.20. The number of aryl methyl sites for hydroxylation is 1.